The maximum Gasteiger partial charge on any atom is 0.317 e. The lowest BCUT2D eigenvalue weighted by atomic mass is 10.1. The molecule has 0 radical (unpaired) electrons. The molecule has 0 spiro atoms. The number of aliphatic carboxylic acids is 1. The lowest BCUT2D eigenvalue weighted by molar-refractivity contribution is -0.138. The molecule has 1 rings (SSSR count). The van der Waals surface area contributed by atoms with Gasteiger partial charge >= 0.3 is 5.97 Å². The van der Waals surface area contributed by atoms with Crippen molar-refractivity contribution in [3.8, 4) is 0 Å². The van der Waals surface area contributed by atoms with Gasteiger partial charge in [-0.25, -0.2) is 0 Å². The van der Waals surface area contributed by atoms with Crippen molar-refractivity contribution < 1.29 is 9.90 Å². The molecule has 1 unspecified atom stereocenters. The first-order valence-electron chi connectivity index (χ1n) is 6.26. The highest BCUT2D eigenvalue weighted by Gasteiger charge is 2.18. The van der Waals surface area contributed by atoms with Crippen molar-refractivity contribution in [2.75, 3.05) is 33.7 Å². The molecule has 0 aromatic heterocycles. The van der Waals surface area contributed by atoms with Crippen LogP contribution < -0.4 is 0 Å². The van der Waals surface area contributed by atoms with Crippen molar-refractivity contribution in [2.24, 2.45) is 0 Å². The Kier molecular flexibility index (Phi) is 6.28. The summed E-state index contributed by atoms with van der Waals surface area (Å²) in [5, 5.41) is 9.69. The number of hydrogen-bond acceptors (Lipinski definition) is 3. The second kappa shape index (κ2) is 7.48. The molecule has 0 saturated carbocycles. The Morgan fingerprint density at radius 3 is 2.58 bits per heavy atom. The van der Waals surface area contributed by atoms with Crippen LogP contribution in [-0.2, 0) is 4.79 Å². The molecule has 5 heteroatoms. The van der Waals surface area contributed by atoms with Gasteiger partial charge in [0.15, 0.2) is 0 Å². The average Bonchev–Trinajstić information content (AvgIpc) is 2.33. The third-order valence-corrected chi connectivity index (χ3v) is 3.29. The summed E-state index contributed by atoms with van der Waals surface area (Å²) in [6.45, 7) is 3.55. The average molecular weight is 285 g/mol. The first-order valence-corrected chi connectivity index (χ1v) is 6.64. The highest BCUT2D eigenvalue weighted by Crippen LogP contribution is 2.22. The highest BCUT2D eigenvalue weighted by atomic mass is 35.5. The number of carboxylic acids is 1. The van der Waals surface area contributed by atoms with Crippen LogP contribution >= 0.6 is 11.6 Å². The molecular formula is C14H21ClN2O2. The predicted molar refractivity (Wildman–Crippen MR) is 77.6 cm³/mol. The monoisotopic (exact) mass is 284 g/mol. The SMILES string of the molecule is CC(c1cccc(Cl)c1)N(CCN(C)C)CC(=O)O. The summed E-state index contributed by atoms with van der Waals surface area (Å²) in [7, 11) is 3.95. The molecular weight excluding hydrogens is 264 g/mol. The molecule has 0 aliphatic carbocycles. The van der Waals surface area contributed by atoms with E-state index in [-0.39, 0.29) is 12.6 Å². The quantitative estimate of drug-likeness (QED) is 0.835. The summed E-state index contributed by atoms with van der Waals surface area (Å²) < 4.78 is 0. The standard InChI is InChI=1S/C14H21ClN2O2/c1-11(12-5-4-6-13(15)9-12)17(10-14(18)19)8-7-16(2)3/h4-6,9,11H,7-8,10H2,1-3H3,(H,18,19). The molecule has 0 fully saturated rings. The third-order valence-electron chi connectivity index (χ3n) is 3.05. The molecule has 0 heterocycles. The number of nitrogens with zero attached hydrogens (tertiary/aromatic N) is 2. The van der Waals surface area contributed by atoms with Gasteiger partial charge in [-0.1, -0.05) is 23.7 Å². The van der Waals surface area contributed by atoms with E-state index in [0.717, 1.165) is 12.1 Å². The van der Waals surface area contributed by atoms with Gasteiger partial charge in [-0.2, -0.15) is 0 Å². The zero-order valence-electron chi connectivity index (χ0n) is 11.6. The van der Waals surface area contributed by atoms with Crippen molar-refractivity contribution in [3.05, 3.63) is 34.9 Å². The molecule has 0 bridgehead atoms. The second-order valence-electron chi connectivity index (χ2n) is 4.90. The van der Waals surface area contributed by atoms with Crippen molar-refractivity contribution in [1.82, 2.24) is 9.80 Å². The van der Waals surface area contributed by atoms with Crippen molar-refractivity contribution in [1.29, 1.82) is 0 Å². The minimum atomic E-state index is -0.812. The third kappa shape index (κ3) is 5.59. The van der Waals surface area contributed by atoms with E-state index < -0.39 is 5.97 Å². The van der Waals surface area contributed by atoms with Crippen LogP contribution in [0.2, 0.25) is 5.02 Å². The fourth-order valence-corrected chi connectivity index (χ4v) is 2.09. The van der Waals surface area contributed by atoms with Crippen LogP contribution in [0.5, 0.6) is 0 Å². The fraction of sp³-hybridized carbons (Fsp3) is 0.500. The smallest absolute Gasteiger partial charge is 0.317 e. The molecule has 0 amide bonds. The van der Waals surface area contributed by atoms with E-state index in [1.807, 2.05) is 55.1 Å². The van der Waals surface area contributed by atoms with Gasteiger partial charge in [-0.3, -0.25) is 9.69 Å². The van der Waals surface area contributed by atoms with Gasteiger partial charge in [-0.15, -0.1) is 0 Å². The first kappa shape index (κ1) is 16.0. The zero-order valence-corrected chi connectivity index (χ0v) is 12.4. The van der Waals surface area contributed by atoms with E-state index in [0.29, 0.717) is 11.6 Å². The Morgan fingerprint density at radius 1 is 1.37 bits per heavy atom. The van der Waals surface area contributed by atoms with Crippen molar-refractivity contribution in [2.45, 2.75) is 13.0 Å². The minimum Gasteiger partial charge on any atom is -0.480 e. The van der Waals surface area contributed by atoms with Crippen LogP contribution in [0.4, 0.5) is 0 Å². The van der Waals surface area contributed by atoms with Crippen LogP contribution in [0.25, 0.3) is 0 Å². The molecule has 1 atom stereocenters. The Labute approximate surface area is 119 Å². The van der Waals surface area contributed by atoms with Gasteiger partial charge in [0.25, 0.3) is 0 Å². The largest absolute Gasteiger partial charge is 0.480 e. The van der Waals surface area contributed by atoms with Gasteiger partial charge in [0.2, 0.25) is 0 Å². The molecule has 4 nitrogen and oxygen atoms in total. The molecule has 106 valence electrons. The van der Waals surface area contributed by atoms with Crippen molar-refractivity contribution >= 4 is 17.6 Å². The number of likely N-dealkylation sites (N-methyl/N-ethyl adjacent to an activating group) is 1. The zero-order chi connectivity index (χ0) is 14.4. The predicted octanol–water partition coefficient (Wildman–Crippen LogP) is 2.35. The number of benzene rings is 1. The molecule has 0 aliphatic heterocycles. The summed E-state index contributed by atoms with van der Waals surface area (Å²) in [6, 6.07) is 7.59. The number of carbonyl (C=O) groups is 1. The second-order valence-corrected chi connectivity index (χ2v) is 5.33. The minimum absolute atomic E-state index is 0.0229. The lowest BCUT2D eigenvalue weighted by Crippen LogP contribution is -2.37. The number of halogens is 1. The molecule has 19 heavy (non-hydrogen) atoms. The summed E-state index contributed by atoms with van der Waals surface area (Å²) in [5.41, 5.74) is 1.03. The number of carboxylic acid groups (broad SMARTS) is 1. The molecule has 1 N–H and O–H groups in total. The molecule has 0 aliphatic rings. The van der Waals surface area contributed by atoms with Crippen LogP contribution in [0.15, 0.2) is 24.3 Å². The molecule has 0 saturated heterocycles. The summed E-state index contributed by atoms with van der Waals surface area (Å²) >= 11 is 5.98. The van der Waals surface area contributed by atoms with Crippen molar-refractivity contribution in [3.63, 3.8) is 0 Å². The van der Waals surface area contributed by atoms with E-state index >= 15 is 0 Å². The van der Waals surface area contributed by atoms with Crippen LogP contribution in [0.1, 0.15) is 18.5 Å². The van der Waals surface area contributed by atoms with Gasteiger partial charge in [0.1, 0.15) is 0 Å². The summed E-state index contributed by atoms with van der Waals surface area (Å²) in [6.07, 6.45) is 0. The van der Waals surface area contributed by atoms with Crippen LogP contribution in [-0.4, -0.2) is 54.6 Å². The maximum absolute atomic E-state index is 11.0. The topological polar surface area (TPSA) is 43.8 Å². The van der Waals surface area contributed by atoms with E-state index in [2.05, 4.69) is 0 Å². The Morgan fingerprint density at radius 2 is 2.05 bits per heavy atom. The Bertz CT molecular complexity index is 424. The first-order chi connectivity index (χ1) is 8.90. The fourth-order valence-electron chi connectivity index (χ4n) is 1.89. The lowest BCUT2D eigenvalue weighted by Gasteiger charge is -2.29. The van der Waals surface area contributed by atoms with Crippen LogP contribution in [0.3, 0.4) is 0 Å². The van der Waals surface area contributed by atoms with Gasteiger partial charge in [0, 0.05) is 24.2 Å². The normalized spacial score (nSPS) is 12.9. The molecule has 1 aromatic rings. The van der Waals surface area contributed by atoms with Crippen LogP contribution in [0, 0.1) is 0 Å². The number of rotatable bonds is 7. The van der Waals surface area contributed by atoms with E-state index in [4.69, 9.17) is 16.7 Å². The summed E-state index contributed by atoms with van der Waals surface area (Å²) in [5.74, 6) is -0.812. The summed E-state index contributed by atoms with van der Waals surface area (Å²) in [4.78, 5) is 15.0. The van der Waals surface area contributed by atoms with Gasteiger partial charge in [0.05, 0.1) is 6.54 Å². The Balaban J connectivity index is 2.80. The Hall–Kier alpha value is -1.10. The van der Waals surface area contributed by atoms with Gasteiger partial charge in [-0.05, 0) is 38.7 Å². The van der Waals surface area contributed by atoms with E-state index in [9.17, 15) is 4.79 Å². The highest BCUT2D eigenvalue weighted by molar-refractivity contribution is 6.30. The van der Waals surface area contributed by atoms with E-state index in [1.165, 1.54) is 0 Å². The maximum atomic E-state index is 11.0. The van der Waals surface area contributed by atoms with E-state index in [1.54, 1.807) is 0 Å². The number of hydrogen-bond donors (Lipinski definition) is 1. The molecule has 1 aromatic carbocycles. The van der Waals surface area contributed by atoms with Gasteiger partial charge < -0.3 is 10.0 Å².